The van der Waals surface area contributed by atoms with Crippen LogP contribution in [0.4, 0.5) is 4.39 Å². The third kappa shape index (κ3) is 5.19. The number of hydrogen-bond acceptors (Lipinski definition) is 1. The van der Waals surface area contributed by atoms with E-state index in [0.29, 0.717) is 12.3 Å². The van der Waals surface area contributed by atoms with Gasteiger partial charge in [0.1, 0.15) is 0 Å². The summed E-state index contributed by atoms with van der Waals surface area (Å²) in [6.45, 7) is -0.192. The fourth-order valence-electron chi connectivity index (χ4n) is 5.05. The van der Waals surface area contributed by atoms with E-state index < -0.39 is 0 Å². The summed E-state index contributed by atoms with van der Waals surface area (Å²) in [6.07, 6.45) is 16.9. The van der Waals surface area contributed by atoms with Crippen molar-refractivity contribution in [3.05, 3.63) is 47.5 Å². The van der Waals surface area contributed by atoms with Gasteiger partial charge in [0.05, 0.1) is 18.3 Å². The minimum atomic E-state index is -0.192. The van der Waals surface area contributed by atoms with Gasteiger partial charge in [-0.25, -0.2) is 0 Å². The summed E-state index contributed by atoms with van der Waals surface area (Å²) in [4.78, 5) is 0. The minimum absolute atomic E-state index is 0.192. The number of hydrogen-bond donors (Lipinski definition) is 0. The second-order valence-electron chi connectivity index (χ2n) is 8.28. The second-order valence-corrected chi connectivity index (χ2v) is 8.28. The van der Waals surface area contributed by atoms with Crippen molar-refractivity contribution in [2.75, 3.05) is 6.67 Å². The zero-order valence-electron chi connectivity index (χ0n) is 15.9. The molecule has 0 saturated heterocycles. The molecule has 2 saturated carbocycles. The summed E-state index contributed by atoms with van der Waals surface area (Å²) >= 11 is 0. The van der Waals surface area contributed by atoms with E-state index in [1.54, 1.807) is 0 Å². The first kappa shape index (κ1) is 19.2. The van der Waals surface area contributed by atoms with Gasteiger partial charge >= 0.3 is 0 Å². The van der Waals surface area contributed by atoms with Crippen molar-refractivity contribution in [2.45, 2.75) is 70.1 Å². The number of allylic oxidation sites excluding steroid dienone is 2. The summed E-state index contributed by atoms with van der Waals surface area (Å²) in [5.41, 5.74) is 2.18. The standard InChI is InChI=1S/C24H32FN/c25-17-3-1-2-4-19-5-9-21(10-6-19)23-13-15-24(16-14-23)22-11-7-20(18-26)8-12-22/h2,4,7-8,11-12,19,21,23-24H,1,3,5-6,9-10,13-17H2/t19-,21-,23-,24-. The molecule has 2 aliphatic rings. The molecule has 140 valence electrons. The van der Waals surface area contributed by atoms with E-state index in [4.69, 9.17) is 5.26 Å². The summed E-state index contributed by atoms with van der Waals surface area (Å²) in [5.74, 6) is 3.27. The molecule has 3 rings (SSSR count). The van der Waals surface area contributed by atoms with Crippen molar-refractivity contribution >= 4 is 0 Å². The van der Waals surface area contributed by atoms with E-state index in [0.717, 1.165) is 29.7 Å². The molecule has 2 heteroatoms. The van der Waals surface area contributed by atoms with E-state index in [-0.39, 0.29) is 6.67 Å². The van der Waals surface area contributed by atoms with Crippen LogP contribution in [-0.4, -0.2) is 6.67 Å². The Hall–Kier alpha value is -1.62. The van der Waals surface area contributed by atoms with Crippen LogP contribution in [0.25, 0.3) is 0 Å². The highest BCUT2D eigenvalue weighted by molar-refractivity contribution is 5.33. The molecule has 0 radical (unpaired) electrons. The van der Waals surface area contributed by atoms with Crippen LogP contribution in [0.1, 0.15) is 81.3 Å². The molecule has 2 aliphatic carbocycles. The first-order chi connectivity index (χ1) is 12.8. The van der Waals surface area contributed by atoms with Crippen LogP contribution >= 0.6 is 0 Å². The molecule has 2 fully saturated rings. The maximum absolute atomic E-state index is 12.1. The van der Waals surface area contributed by atoms with Crippen LogP contribution in [0.3, 0.4) is 0 Å². The molecule has 0 aromatic heterocycles. The third-order valence-electron chi connectivity index (χ3n) is 6.68. The lowest BCUT2D eigenvalue weighted by atomic mass is 9.68. The van der Waals surface area contributed by atoms with Gasteiger partial charge in [0.25, 0.3) is 0 Å². The SMILES string of the molecule is N#Cc1ccc([C@H]2CC[C@H]([C@H]3CC[C@H](C=CCCCF)CC3)CC2)cc1. The number of unbranched alkanes of at least 4 members (excludes halogenated alkanes) is 1. The van der Waals surface area contributed by atoms with Crippen LogP contribution in [0.15, 0.2) is 36.4 Å². The molecule has 0 heterocycles. The molecular weight excluding hydrogens is 321 g/mol. The first-order valence-electron chi connectivity index (χ1n) is 10.5. The van der Waals surface area contributed by atoms with Gasteiger partial charge in [-0.05, 0) is 106 Å². The number of halogens is 1. The van der Waals surface area contributed by atoms with Crippen molar-refractivity contribution in [1.29, 1.82) is 5.26 Å². The molecule has 1 aromatic rings. The largest absolute Gasteiger partial charge is 0.251 e. The summed E-state index contributed by atoms with van der Waals surface area (Å²) in [7, 11) is 0. The van der Waals surface area contributed by atoms with Gasteiger partial charge < -0.3 is 0 Å². The molecule has 1 nitrogen and oxygen atoms in total. The van der Waals surface area contributed by atoms with Gasteiger partial charge in [-0.15, -0.1) is 0 Å². The molecule has 0 spiro atoms. The smallest absolute Gasteiger partial charge is 0.0991 e. The van der Waals surface area contributed by atoms with Crippen LogP contribution < -0.4 is 0 Å². The summed E-state index contributed by atoms with van der Waals surface area (Å²) in [6, 6.07) is 10.4. The van der Waals surface area contributed by atoms with E-state index in [2.05, 4.69) is 30.4 Å². The van der Waals surface area contributed by atoms with Crippen LogP contribution in [-0.2, 0) is 0 Å². The van der Waals surface area contributed by atoms with Crippen molar-refractivity contribution in [2.24, 2.45) is 17.8 Å². The zero-order valence-corrected chi connectivity index (χ0v) is 15.9. The van der Waals surface area contributed by atoms with Gasteiger partial charge in [-0.1, -0.05) is 24.3 Å². The quantitative estimate of drug-likeness (QED) is 0.401. The Labute approximate surface area is 158 Å². The number of nitrogens with zero attached hydrogens (tertiary/aromatic N) is 1. The third-order valence-corrected chi connectivity index (χ3v) is 6.68. The van der Waals surface area contributed by atoms with Gasteiger partial charge in [0.2, 0.25) is 0 Å². The van der Waals surface area contributed by atoms with E-state index in [9.17, 15) is 4.39 Å². The minimum Gasteiger partial charge on any atom is -0.251 e. The van der Waals surface area contributed by atoms with Gasteiger partial charge in [0, 0.05) is 0 Å². The average molecular weight is 354 g/mol. The molecule has 0 unspecified atom stereocenters. The highest BCUT2D eigenvalue weighted by atomic mass is 19.1. The molecule has 26 heavy (non-hydrogen) atoms. The summed E-state index contributed by atoms with van der Waals surface area (Å²) < 4.78 is 12.1. The monoisotopic (exact) mass is 353 g/mol. The number of rotatable bonds is 6. The Balaban J connectivity index is 1.41. The van der Waals surface area contributed by atoms with Gasteiger partial charge in [-0.2, -0.15) is 5.26 Å². The normalized spacial score (nSPS) is 29.5. The van der Waals surface area contributed by atoms with Crippen LogP contribution in [0.2, 0.25) is 0 Å². The average Bonchev–Trinajstić information content (AvgIpc) is 2.72. The van der Waals surface area contributed by atoms with Crippen molar-refractivity contribution in [1.82, 2.24) is 0 Å². The predicted molar refractivity (Wildman–Crippen MR) is 106 cm³/mol. The Kier molecular flexibility index (Phi) is 7.30. The molecule has 0 amide bonds. The molecule has 0 atom stereocenters. The topological polar surface area (TPSA) is 23.8 Å². The Morgan fingerprint density at radius 2 is 1.54 bits per heavy atom. The van der Waals surface area contributed by atoms with Gasteiger partial charge in [-0.3, -0.25) is 4.39 Å². The van der Waals surface area contributed by atoms with E-state index >= 15 is 0 Å². The first-order valence-corrected chi connectivity index (χ1v) is 10.5. The van der Waals surface area contributed by atoms with E-state index in [1.165, 1.54) is 56.9 Å². The Morgan fingerprint density at radius 3 is 2.12 bits per heavy atom. The Bertz CT molecular complexity index is 596. The molecule has 1 aromatic carbocycles. The fourth-order valence-corrected chi connectivity index (χ4v) is 5.05. The molecule has 0 aliphatic heterocycles. The molecule has 0 N–H and O–H groups in total. The maximum Gasteiger partial charge on any atom is 0.0991 e. The molecular formula is C24H32FN. The summed E-state index contributed by atoms with van der Waals surface area (Å²) in [5, 5.41) is 8.94. The van der Waals surface area contributed by atoms with Gasteiger partial charge in [0.15, 0.2) is 0 Å². The number of benzene rings is 1. The van der Waals surface area contributed by atoms with Crippen LogP contribution in [0, 0.1) is 29.1 Å². The lowest BCUT2D eigenvalue weighted by Gasteiger charge is -2.37. The lowest BCUT2D eigenvalue weighted by Crippen LogP contribution is -2.25. The predicted octanol–water partition coefficient (Wildman–Crippen LogP) is 6.94. The highest BCUT2D eigenvalue weighted by Gasteiger charge is 2.30. The van der Waals surface area contributed by atoms with E-state index in [1.807, 2.05) is 12.1 Å². The number of nitriles is 1. The van der Waals surface area contributed by atoms with Crippen molar-refractivity contribution in [3.8, 4) is 6.07 Å². The Morgan fingerprint density at radius 1 is 0.923 bits per heavy atom. The van der Waals surface area contributed by atoms with Crippen molar-refractivity contribution in [3.63, 3.8) is 0 Å². The zero-order chi connectivity index (χ0) is 18.2. The fraction of sp³-hybridized carbons (Fsp3) is 0.625. The maximum atomic E-state index is 12.1. The number of alkyl halides is 1. The second kappa shape index (κ2) is 9.91. The lowest BCUT2D eigenvalue weighted by molar-refractivity contribution is 0.171. The highest BCUT2D eigenvalue weighted by Crippen LogP contribution is 2.44. The van der Waals surface area contributed by atoms with Crippen LogP contribution in [0.5, 0.6) is 0 Å². The molecule has 0 bridgehead atoms. The van der Waals surface area contributed by atoms with Crippen molar-refractivity contribution < 1.29 is 4.39 Å².